The van der Waals surface area contributed by atoms with Gasteiger partial charge in [-0.15, -0.1) is 0 Å². The van der Waals surface area contributed by atoms with Gasteiger partial charge < -0.3 is 0 Å². The normalized spacial score (nSPS) is 12.9. The second kappa shape index (κ2) is 11.4. The third-order valence-corrected chi connectivity index (χ3v) is 4.64. The van der Waals surface area contributed by atoms with Crippen LogP contribution in [0.15, 0.2) is 54.1 Å². The third-order valence-electron chi connectivity index (χ3n) is 3.03. The van der Waals surface area contributed by atoms with Crippen molar-refractivity contribution < 1.29 is 18.1 Å². The molecule has 1 rings (SSSR count). The van der Waals surface area contributed by atoms with Crippen molar-refractivity contribution in [1.82, 2.24) is 0 Å². The fourth-order valence-electron chi connectivity index (χ4n) is 1.98. The first-order valence-corrected chi connectivity index (χ1v) is 9.46. The number of allylic oxidation sites excluding steroid dienone is 3. The van der Waals surface area contributed by atoms with Gasteiger partial charge >= 0.3 is 7.82 Å². The van der Waals surface area contributed by atoms with Crippen molar-refractivity contribution in [3.05, 3.63) is 59.7 Å². The summed E-state index contributed by atoms with van der Waals surface area (Å²) in [5.41, 5.74) is 2.48. The molecule has 0 unspecified atom stereocenters. The van der Waals surface area contributed by atoms with Crippen LogP contribution in [0.1, 0.15) is 32.8 Å². The quantitative estimate of drug-likeness (QED) is 0.405. The molecule has 128 valence electrons. The number of phosphoric acid groups is 1. The summed E-state index contributed by atoms with van der Waals surface area (Å²) in [6.07, 6.45) is 7.95. The topological polar surface area (TPSA) is 44.8 Å². The molecule has 0 N–H and O–H groups in total. The molecule has 0 fully saturated rings. The molecule has 1 aromatic carbocycles. The van der Waals surface area contributed by atoms with Crippen LogP contribution in [0.25, 0.3) is 0 Å². The maximum Gasteiger partial charge on any atom is 0.475 e. The Morgan fingerprint density at radius 3 is 2.35 bits per heavy atom. The molecule has 1 aromatic rings. The lowest BCUT2D eigenvalue weighted by Gasteiger charge is -2.15. The number of rotatable bonds is 11. The molecular formula is C18H27O4P. The number of phosphoric ester groups is 1. The summed E-state index contributed by atoms with van der Waals surface area (Å²) < 4.78 is 27.4. The zero-order chi connectivity index (χ0) is 17.0. The molecule has 5 heteroatoms. The van der Waals surface area contributed by atoms with Gasteiger partial charge in [0.2, 0.25) is 0 Å². The van der Waals surface area contributed by atoms with Crippen LogP contribution in [0.2, 0.25) is 0 Å². The van der Waals surface area contributed by atoms with Gasteiger partial charge in [-0.25, -0.2) is 4.57 Å². The molecule has 0 saturated heterocycles. The lowest BCUT2D eigenvalue weighted by atomic mass is 10.1. The van der Waals surface area contributed by atoms with Gasteiger partial charge in [0.1, 0.15) is 0 Å². The molecule has 0 bridgehead atoms. The smallest absolute Gasteiger partial charge is 0.287 e. The molecule has 0 aliphatic heterocycles. The van der Waals surface area contributed by atoms with Crippen LogP contribution in [-0.2, 0) is 24.6 Å². The second-order valence-corrected chi connectivity index (χ2v) is 6.62. The average molecular weight is 338 g/mol. The first-order chi connectivity index (χ1) is 11.1. The number of benzene rings is 1. The molecule has 0 radical (unpaired) electrons. The highest BCUT2D eigenvalue weighted by atomic mass is 31.2. The predicted molar refractivity (Wildman–Crippen MR) is 94.5 cm³/mol. The van der Waals surface area contributed by atoms with E-state index in [-0.39, 0.29) is 6.61 Å². The van der Waals surface area contributed by atoms with Crippen LogP contribution in [0.4, 0.5) is 0 Å². The molecule has 23 heavy (non-hydrogen) atoms. The van der Waals surface area contributed by atoms with Gasteiger partial charge in [0, 0.05) is 0 Å². The highest BCUT2D eigenvalue weighted by molar-refractivity contribution is 7.48. The molecule has 0 amide bonds. The highest BCUT2D eigenvalue weighted by Crippen LogP contribution is 2.49. The lowest BCUT2D eigenvalue weighted by Crippen LogP contribution is -2.00. The summed E-state index contributed by atoms with van der Waals surface area (Å²) in [7, 11) is -3.41. The van der Waals surface area contributed by atoms with Crippen LogP contribution >= 0.6 is 7.82 Å². The summed E-state index contributed by atoms with van der Waals surface area (Å²) in [6.45, 7) is 6.32. The van der Waals surface area contributed by atoms with E-state index in [4.69, 9.17) is 13.6 Å². The predicted octanol–water partition coefficient (Wildman–Crippen LogP) is 5.32. The Bertz CT molecular complexity index is 527. The van der Waals surface area contributed by atoms with Crippen molar-refractivity contribution in [3.8, 4) is 0 Å². The summed E-state index contributed by atoms with van der Waals surface area (Å²) in [5, 5.41) is 0. The van der Waals surface area contributed by atoms with E-state index in [1.165, 1.54) is 5.56 Å². The van der Waals surface area contributed by atoms with E-state index in [0.29, 0.717) is 13.2 Å². The van der Waals surface area contributed by atoms with Crippen molar-refractivity contribution in [2.24, 2.45) is 0 Å². The van der Waals surface area contributed by atoms with Gasteiger partial charge in [-0.05, 0) is 39.2 Å². The minimum atomic E-state index is -3.41. The highest BCUT2D eigenvalue weighted by Gasteiger charge is 2.24. The van der Waals surface area contributed by atoms with E-state index < -0.39 is 7.82 Å². The molecule has 0 spiro atoms. The fourth-order valence-corrected chi connectivity index (χ4v) is 3.10. The Kier molecular flexibility index (Phi) is 9.81. The van der Waals surface area contributed by atoms with E-state index in [1.54, 1.807) is 13.8 Å². The number of aryl methyl sites for hydroxylation is 1. The Hall–Kier alpha value is -1.19. The van der Waals surface area contributed by atoms with Crippen LogP contribution < -0.4 is 0 Å². The fraction of sp³-hybridized carbons (Fsp3) is 0.444. The Morgan fingerprint density at radius 2 is 1.74 bits per heavy atom. The van der Waals surface area contributed by atoms with Gasteiger partial charge in [0.05, 0.1) is 19.8 Å². The monoisotopic (exact) mass is 338 g/mol. The minimum Gasteiger partial charge on any atom is -0.287 e. The first-order valence-electron chi connectivity index (χ1n) is 8.00. The second-order valence-electron chi connectivity index (χ2n) is 4.95. The van der Waals surface area contributed by atoms with Gasteiger partial charge in [0.15, 0.2) is 0 Å². The van der Waals surface area contributed by atoms with Gasteiger partial charge in [0.25, 0.3) is 0 Å². The van der Waals surface area contributed by atoms with Crippen molar-refractivity contribution >= 4 is 7.82 Å². The summed E-state index contributed by atoms with van der Waals surface area (Å²) in [4.78, 5) is 0. The summed E-state index contributed by atoms with van der Waals surface area (Å²) >= 11 is 0. The lowest BCUT2D eigenvalue weighted by molar-refractivity contribution is 0.131. The SMILES string of the molecule is CCOP(=O)(OCC)OC/C=C/C(C)=C/CCc1ccccc1. The van der Waals surface area contributed by atoms with Crippen LogP contribution in [0, 0.1) is 0 Å². The Labute approximate surface area is 139 Å². The molecule has 4 nitrogen and oxygen atoms in total. The van der Waals surface area contributed by atoms with Crippen molar-refractivity contribution in [1.29, 1.82) is 0 Å². The standard InChI is InChI=1S/C18H27O4P/c1-4-20-23(19,21-5-2)22-16-10-12-17(3)11-9-15-18-13-7-6-8-14-18/h6-8,10-14H,4-5,9,15-16H2,1-3H3/b12-10+,17-11+. The van der Waals surface area contributed by atoms with Crippen molar-refractivity contribution in [2.45, 2.75) is 33.6 Å². The average Bonchev–Trinajstić information content (AvgIpc) is 2.53. The zero-order valence-electron chi connectivity index (χ0n) is 14.2. The molecule has 0 heterocycles. The van der Waals surface area contributed by atoms with E-state index in [9.17, 15) is 4.57 Å². The van der Waals surface area contributed by atoms with Crippen LogP contribution in [-0.4, -0.2) is 19.8 Å². The molecule has 0 atom stereocenters. The summed E-state index contributed by atoms with van der Waals surface area (Å²) in [6, 6.07) is 10.4. The third kappa shape index (κ3) is 8.87. The summed E-state index contributed by atoms with van der Waals surface area (Å²) in [5.74, 6) is 0. The molecular weight excluding hydrogens is 311 g/mol. The zero-order valence-corrected chi connectivity index (χ0v) is 15.1. The van der Waals surface area contributed by atoms with Crippen LogP contribution in [0.3, 0.4) is 0 Å². The minimum absolute atomic E-state index is 0.196. The maximum absolute atomic E-state index is 12.1. The van der Waals surface area contributed by atoms with Crippen molar-refractivity contribution in [3.63, 3.8) is 0 Å². The molecule has 0 aliphatic carbocycles. The Balaban J connectivity index is 2.35. The van der Waals surface area contributed by atoms with E-state index >= 15 is 0 Å². The maximum atomic E-state index is 12.1. The van der Waals surface area contributed by atoms with Gasteiger partial charge in [-0.1, -0.05) is 54.1 Å². The largest absolute Gasteiger partial charge is 0.475 e. The number of hydrogen-bond donors (Lipinski definition) is 0. The first kappa shape index (κ1) is 19.9. The van der Waals surface area contributed by atoms with Gasteiger partial charge in [-0.3, -0.25) is 13.6 Å². The van der Waals surface area contributed by atoms with E-state index in [1.807, 2.05) is 25.1 Å². The number of hydrogen-bond acceptors (Lipinski definition) is 4. The molecule has 0 aromatic heterocycles. The van der Waals surface area contributed by atoms with Crippen LogP contribution in [0.5, 0.6) is 0 Å². The molecule has 0 aliphatic rings. The van der Waals surface area contributed by atoms with Gasteiger partial charge in [-0.2, -0.15) is 0 Å². The molecule has 0 saturated carbocycles. The van der Waals surface area contributed by atoms with E-state index in [2.05, 4.69) is 30.3 Å². The van der Waals surface area contributed by atoms with E-state index in [0.717, 1.165) is 18.4 Å². The Morgan fingerprint density at radius 1 is 1.09 bits per heavy atom. The van der Waals surface area contributed by atoms with Crippen molar-refractivity contribution in [2.75, 3.05) is 19.8 Å².